The predicted molar refractivity (Wildman–Crippen MR) is 63.2 cm³/mol. The lowest BCUT2D eigenvalue weighted by Crippen LogP contribution is -2.04. The van der Waals surface area contributed by atoms with Crippen LogP contribution < -0.4 is 0 Å². The molecular weight excluding hydrogens is 220 g/mol. The van der Waals surface area contributed by atoms with Crippen LogP contribution in [0.1, 0.15) is 16.8 Å². The summed E-state index contributed by atoms with van der Waals surface area (Å²) in [5.74, 6) is -0.927. The molecule has 0 aliphatic heterocycles. The third kappa shape index (κ3) is 2.29. The van der Waals surface area contributed by atoms with E-state index in [0.717, 1.165) is 6.42 Å². The van der Waals surface area contributed by atoms with E-state index in [1.807, 2.05) is 10.6 Å². The summed E-state index contributed by atoms with van der Waals surface area (Å²) >= 11 is 0. The smallest absolute Gasteiger partial charge is 0.337 e. The van der Waals surface area contributed by atoms with Gasteiger partial charge in [-0.2, -0.15) is 0 Å². The Bertz CT molecular complexity index is 534. The first kappa shape index (κ1) is 11.6. The summed E-state index contributed by atoms with van der Waals surface area (Å²) in [6.07, 6.45) is 2.50. The van der Waals surface area contributed by atoms with Gasteiger partial charge in [0.25, 0.3) is 0 Å². The van der Waals surface area contributed by atoms with Crippen LogP contribution in [0.2, 0.25) is 0 Å². The zero-order valence-electron chi connectivity index (χ0n) is 9.59. The molecule has 1 aromatic carbocycles. The van der Waals surface area contributed by atoms with Crippen LogP contribution in [0.4, 0.5) is 0 Å². The molecule has 5 heteroatoms. The first-order valence-corrected chi connectivity index (χ1v) is 5.40. The molecule has 0 unspecified atom stereocenters. The summed E-state index contributed by atoms with van der Waals surface area (Å²) in [7, 11) is 1.65. The minimum Gasteiger partial charge on any atom is -0.478 e. The van der Waals surface area contributed by atoms with Gasteiger partial charge in [-0.1, -0.05) is 6.07 Å². The van der Waals surface area contributed by atoms with E-state index in [9.17, 15) is 4.79 Å². The number of para-hydroxylation sites is 1. The van der Waals surface area contributed by atoms with E-state index < -0.39 is 5.97 Å². The van der Waals surface area contributed by atoms with E-state index in [0.29, 0.717) is 24.2 Å². The van der Waals surface area contributed by atoms with Gasteiger partial charge >= 0.3 is 5.97 Å². The minimum atomic E-state index is -0.927. The molecule has 0 aliphatic carbocycles. The highest BCUT2D eigenvalue weighted by Gasteiger charge is 2.12. The summed E-state index contributed by atoms with van der Waals surface area (Å²) in [4.78, 5) is 15.3. The molecule has 17 heavy (non-hydrogen) atoms. The lowest BCUT2D eigenvalue weighted by Gasteiger charge is -2.05. The molecule has 0 atom stereocenters. The van der Waals surface area contributed by atoms with Crippen molar-refractivity contribution in [1.29, 1.82) is 0 Å². The monoisotopic (exact) mass is 234 g/mol. The van der Waals surface area contributed by atoms with Crippen LogP contribution in [0.15, 0.2) is 24.5 Å². The van der Waals surface area contributed by atoms with Crippen LogP contribution in [0, 0.1) is 0 Å². The van der Waals surface area contributed by atoms with Gasteiger partial charge in [0.05, 0.1) is 22.9 Å². The van der Waals surface area contributed by atoms with Gasteiger partial charge in [-0.05, 0) is 18.6 Å². The zero-order valence-corrected chi connectivity index (χ0v) is 9.59. The number of carboxylic acids is 1. The molecule has 0 saturated carbocycles. The molecule has 1 N–H and O–H groups in total. The van der Waals surface area contributed by atoms with Gasteiger partial charge in [-0.3, -0.25) is 0 Å². The zero-order chi connectivity index (χ0) is 12.3. The second kappa shape index (κ2) is 4.97. The highest BCUT2D eigenvalue weighted by atomic mass is 16.5. The van der Waals surface area contributed by atoms with Gasteiger partial charge in [0, 0.05) is 20.3 Å². The van der Waals surface area contributed by atoms with E-state index in [1.54, 1.807) is 25.6 Å². The van der Waals surface area contributed by atoms with Gasteiger partial charge in [0.15, 0.2) is 0 Å². The molecule has 2 aromatic rings. The fourth-order valence-electron chi connectivity index (χ4n) is 1.85. The molecule has 90 valence electrons. The second-order valence-electron chi connectivity index (χ2n) is 3.76. The van der Waals surface area contributed by atoms with E-state index in [-0.39, 0.29) is 5.56 Å². The van der Waals surface area contributed by atoms with Crippen molar-refractivity contribution in [1.82, 2.24) is 9.55 Å². The van der Waals surface area contributed by atoms with Crippen molar-refractivity contribution in [2.45, 2.75) is 13.0 Å². The van der Waals surface area contributed by atoms with Crippen molar-refractivity contribution < 1.29 is 14.6 Å². The number of aromatic nitrogens is 2. The van der Waals surface area contributed by atoms with Gasteiger partial charge in [-0.25, -0.2) is 9.78 Å². The summed E-state index contributed by atoms with van der Waals surface area (Å²) < 4.78 is 6.84. The Kier molecular flexibility index (Phi) is 3.39. The largest absolute Gasteiger partial charge is 0.478 e. The molecule has 0 bridgehead atoms. The van der Waals surface area contributed by atoms with Crippen LogP contribution in [0.3, 0.4) is 0 Å². The number of aromatic carboxylic acids is 1. The summed E-state index contributed by atoms with van der Waals surface area (Å²) in [5.41, 5.74) is 1.68. The Labute approximate surface area is 98.6 Å². The summed E-state index contributed by atoms with van der Waals surface area (Å²) in [5, 5.41) is 9.13. The lowest BCUT2D eigenvalue weighted by atomic mass is 10.2. The molecule has 1 aromatic heterocycles. The maximum Gasteiger partial charge on any atom is 0.337 e. The Morgan fingerprint density at radius 3 is 3.06 bits per heavy atom. The molecule has 0 amide bonds. The molecule has 0 aliphatic rings. The molecule has 0 spiro atoms. The van der Waals surface area contributed by atoms with Gasteiger partial charge < -0.3 is 14.4 Å². The number of carbonyl (C=O) groups is 1. The Hall–Kier alpha value is -1.88. The molecule has 0 saturated heterocycles. The summed E-state index contributed by atoms with van der Waals surface area (Å²) in [6, 6.07) is 5.12. The predicted octanol–water partition coefficient (Wildman–Crippen LogP) is 1.77. The third-order valence-corrected chi connectivity index (χ3v) is 2.62. The van der Waals surface area contributed by atoms with Crippen LogP contribution in [-0.2, 0) is 11.3 Å². The highest BCUT2D eigenvalue weighted by Crippen LogP contribution is 2.18. The van der Waals surface area contributed by atoms with Crippen LogP contribution in [0.5, 0.6) is 0 Å². The number of benzene rings is 1. The molecule has 5 nitrogen and oxygen atoms in total. The number of fused-ring (bicyclic) bond motifs is 1. The SMILES string of the molecule is COCCCn1cnc2cccc(C(=O)O)c21. The number of aryl methyl sites for hydroxylation is 1. The molecule has 1 heterocycles. The quantitative estimate of drug-likeness (QED) is 0.801. The number of nitrogens with zero attached hydrogens (tertiary/aromatic N) is 2. The third-order valence-electron chi connectivity index (χ3n) is 2.62. The fraction of sp³-hybridized carbons (Fsp3) is 0.333. The second-order valence-corrected chi connectivity index (χ2v) is 3.76. The Morgan fingerprint density at radius 1 is 1.53 bits per heavy atom. The molecule has 0 fully saturated rings. The van der Waals surface area contributed by atoms with Crippen molar-refractivity contribution in [3.8, 4) is 0 Å². The van der Waals surface area contributed by atoms with E-state index in [4.69, 9.17) is 9.84 Å². The first-order chi connectivity index (χ1) is 8.24. The average Bonchev–Trinajstić information content (AvgIpc) is 2.73. The number of hydrogen-bond donors (Lipinski definition) is 1. The molecule has 0 radical (unpaired) electrons. The van der Waals surface area contributed by atoms with Gasteiger partial charge in [0.2, 0.25) is 0 Å². The number of rotatable bonds is 5. The van der Waals surface area contributed by atoms with Crippen molar-refractivity contribution >= 4 is 17.0 Å². The number of methoxy groups -OCH3 is 1. The van der Waals surface area contributed by atoms with Gasteiger partial charge in [0.1, 0.15) is 0 Å². The van der Waals surface area contributed by atoms with E-state index in [2.05, 4.69) is 4.98 Å². The van der Waals surface area contributed by atoms with Crippen molar-refractivity contribution in [2.24, 2.45) is 0 Å². The van der Waals surface area contributed by atoms with Crippen molar-refractivity contribution in [3.05, 3.63) is 30.1 Å². The van der Waals surface area contributed by atoms with Crippen LogP contribution in [0.25, 0.3) is 11.0 Å². The number of ether oxygens (including phenoxy) is 1. The number of imidazole rings is 1. The number of carboxylic acid groups (broad SMARTS) is 1. The minimum absolute atomic E-state index is 0.289. The first-order valence-electron chi connectivity index (χ1n) is 5.40. The molecule has 2 rings (SSSR count). The summed E-state index contributed by atoms with van der Waals surface area (Å²) in [6.45, 7) is 1.35. The fourth-order valence-corrected chi connectivity index (χ4v) is 1.85. The van der Waals surface area contributed by atoms with Gasteiger partial charge in [-0.15, -0.1) is 0 Å². The maximum atomic E-state index is 11.1. The Balaban J connectivity index is 2.39. The normalized spacial score (nSPS) is 10.9. The highest BCUT2D eigenvalue weighted by molar-refractivity contribution is 6.01. The number of hydrogen-bond acceptors (Lipinski definition) is 3. The van der Waals surface area contributed by atoms with Crippen LogP contribution in [-0.4, -0.2) is 34.3 Å². The van der Waals surface area contributed by atoms with Crippen molar-refractivity contribution in [3.63, 3.8) is 0 Å². The van der Waals surface area contributed by atoms with E-state index >= 15 is 0 Å². The van der Waals surface area contributed by atoms with Crippen molar-refractivity contribution in [2.75, 3.05) is 13.7 Å². The maximum absolute atomic E-state index is 11.1. The van der Waals surface area contributed by atoms with Crippen LogP contribution >= 0.6 is 0 Å². The Morgan fingerprint density at radius 2 is 2.35 bits per heavy atom. The topological polar surface area (TPSA) is 64.4 Å². The lowest BCUT2D eigenvalue weighted by molar-refractivity contribution is 0.0698. The molecular formula is C12H14N2O3. The van der Waals surface area contributed by atoms with E-state index in [1.165, 1.54) is 0 Å². The standard InChI is InChI=1S/C12H14N2O3/c1-17-7-3-6-14-8-13-10-5-2-4-9(11(10)14)12(15)16/h2,4-5,8H,3,6-7H2,1H3,(H,15,16). The average molecular weight is 234 g/mol.